The first-order valence-electron chi connectivity index (χ1n) is 14.6. The molecule has 0 spiro atoms. The Bertz CT molecular complexity index is 1500. The van der Waals surface area contributed by atoms with E-state index in [4.69, 9.17) is 4.99 Å². The number of thioether (sulfide) groups is 1. The number of carbonyl (C=O) groups excluding carboxylic acids is 2. The summed E-state index contributed by atoms with van der Waals surface area (Å²) in [6, 6.07) is 22.8. The fourth-order valence-electron chi connectivity index (χ4n) is 5.58. The number of hydrogen-bond donors (Lipinski definition) is 3. The Morgan fingerprint density at radius 1 is 0.857 bits per heavy atom. The van der Waals surface area contributed by atoms with E-state index in [1.807, 2.05) is 61.5 Å². The summed E-state index contributed by atoms with van der Waals surface area (Å²) in [4.78, 5) is 34.1. The third-order valence-corrected chi connectivity index (χ3v) is 8.68. The van der Waals surface area contributed by atoms with Gasteiger partial charge in [0.05, 0.1) is 17.3 Å². The first-order chi connectivity index (χ1) is 20.2. The standard InChI is InChI=1S/C34H39N5O2S/c1-21(2)27-16-10-17-28(22(3)4)30(27)38-33(41)37-26-15-9-12-24(20-26)31-29(32(40)36-25-13-7-6-8-14-25)23(5)35-34-39(31)18-11-19-42-34/h6-10,12-17,20-22,31H,11,18-19H2,1-5H3,(H,36,40)(H2,37,38,41). The summed E-state index contributed by atoms with van der Waals surface area (Å²) in [5.74, 6) is 1.35. The Labute approximate surface area is 252 Å². The van der Waals surface area contributed by atoms with Crippen molar-refractivity contribution in [2.45, 2.75) is 58.9 Å². The smallest absolute Gasteiger partial charge is 0.323 e. The van der Waals surface area contributed by atoms with E-state index in [0.717, 1.165) is 52.0 Å². The molecule has 1 fully saturated rings. The molecular weight excluding hydrogens is 542 g/mol. The number of allylic oxidation sites excluding steroid dienone is 1. The molecule has 1 saturated heterocycles. The van der Waals surface area contributed by atoms with Gasteiger partial charge >= 0.3 is 6.03 Å². The molecule has 2 aliphatic rings. The minimum atomic E-state index is -0.326. The number of nitrogens with one attached hydrogen (secondary N) is 3. The Kier molecular flexibility index (Phi) is 9.02. The van der Waals surface area contributed by atoms with Gasteiger partial charge in [0.25, 0.3) is 5.91 Å². The van der Waals surface area contributed by atoms with Crippen LogP contribution in [-0.2, 0) is 4.79 Å². The van der Waals surface area contributed by atoms with Crippen LogP contribution in [0.15, 0.2) is 89.1 Å². The summed E-state index contributed by atoms with van der Waals surface area (Å²) < 4.78 is 0. The molecule has 3 N–H and O–H groups in total. The van der Waals surface area contributed by atoms with Gasteiger partial charge in [-0.15, -0.1) is 0 Å². The van der Waals surface area contributed by atoms with E-state index in [1.54, 1.807) is 11.8 Å². The monoisotopic (exact) mass is 581 g/mol. The van der Waals surface area contributed by atoms with Crippen molar-refractivity contribution in [3.8, 4) is 0 Å². The molecule has 3 amide bonds. The highest BCUT2D eigenvalue weighted by molar-refractivity contribution is 8.13. The van der Waals surface area contributed by atoms with Crippen LogP contribution >= 0.6 is 11.8 Å². The quantitative estimate of drug-likeness (QED) is 0.262. The molecule has 1 unspecified atom stereocenters. The van der Waals surface area contributed by atoms with Gasteiger partial charge in [-0.1, -0.05) is 88.0 Å². The van der Waals surface area contributed by atoms with E-state index >= 15 is 0 Å². The van der Waals surface area contributed by atoms with Gasteiger partial charge in [-0.25, -0.2) is 9.79 Å². The van der Waals surface area contributed by atoms with Crippen LogP contribution in [-0.4, -0.2) is 34.3 Å². The van der Waals surface area contributed by atoms with Gasteiger partial charge in [0, 0.05) is 29.4 Å². The topological polar surface area (TPSA) is 85.8 Å². The normalized spacial score (nSPS) is 16.7. The molecule has 8 heteroatoms. The zero-order valence-electron chi connectivity index (χ0n) is 24.9. The van der Waals surface area contributed by atoms with E-state index in [1.165, 1.54) is 0 Å². The number of fused-ring (bicyclic) bond motifs is 1. The molecule has 42 heavy (non-hydrogen) atoms. The van der Waals surface area contributed by atoms with Gasteiger partial charge in [0.2, 0.25) is 0 Å². The van der Waals surface area contributed by atoms with Gasteiger partial charge < -0.3 is 20.9 Å². The molecule has 1 atom stereocenters. The molecule has 0 bridgehead atoms. The Balaban J connectivity index is 1.44. The van der Waals surface area contributed by atoms with Gasteiger partial charge in [-0.2, -0.15) is 0 Å². The maximum atomic E-state index is 13.7. The highest BCUT2D eigenvalue weighted by Gasteiger charge is 2.37. The van der Waals surface area contributed by atoms with Crippen LogP contribution < -0.4 is 16.0 Å². The van der Waals surface area contributed by atoms with E-state index in [9.17, 15) is 9.59 Å². The van der Waals surface area contributed by atoms with Crippen molar-refractivity contribution in [1.82, 2.24) is 4.90 Å². The lowest BCUT2D eigenvalue weighted by Gasteiger charge is -2.41. The lowest BCUT2D eigenvalue weighted by molar-refractivity contribution is -0.113. The number of nitrogens with zero attached hydrogens (tertiary/aromatic N) is 2. The maximum Gasteiger partial charge on any atom is 0.323 e. The van der Waals surface area contributed by atoms with Crippen molar-refractivity contribution < 1.29 is 9.59 Å². The second-order valence-corrected chi connectivity index (χ2v) is 12.4. The largest absolute Gasteiger partial charge is 0.340 e. The molecule has 2 heterocycles. The van der Waals surface area contributed by atoms with Gasteiger partial charge in [0.15, 0.2) is 5.17 Å². The van der Waals surface area contributed by atoms with Crippen LogP contribution in [0.4, 0.5) is 21.9 Å². The average Bonchev–Trinajstić information content (AvgIpc) is 2.96. The molecule has 3 aromatic rings. The lowest BCUT2D eigenvalue weighted by Crippen LogP contribution is -2.43. The van der Waals surface area contributed by atoms with E-state index in [-0.39, 0.29) is 29.8 Å². The zero-order valence-corrected chi connectivity index (χ0v) is 25.7. The van der Waals surface area contributed by atoms with Crippen LogP contribution in [0.2, 0.25) is 0 Å². The number of rotatable bonds is 7. The number of amidine groups is 1. The molecule has 5 rings (SSSR count). The SMILES string of the molecule is CC1=C(C(=O)Nc2ccccc2)C(c2cccc(NC(=O)Nc3c(C(C)C)cccc3C(C)C)c2)N2CCCSC2=N1. The van der Waals surface area contributed by atoms with Crippen LogP contribution in [0.25, 0.3) is 0 Å². The summed E-state index contributed by atoms with van der Waals surface area (Å²) in [5, 5.41) is 10.2. The third kappa shape index (κ3) is 6.39. The number of benzene rings is 3. The van der Waals surface area contributed by atoms with Gasteiger partial charge in [0.1, 0.15) is 0 Å². The molecule has 218 valence electrons. The van der Waals surface area contributed by atoms with Gasteiger partial charge in [-0.3, -0.25) is 4.79 Å². The first-order valence-corrected chi connectivity index (χ1v) is 15.6. The van der Waals surface area contributed by atoms with Crippen LogP contribution in [0.1, 0.15) is 75.6 Å². The van der Waals surface area contributed by atoms with E-state index in [2.05, 4.69) is 66.7 Å². The Morgan fingerprint density at radius 3 is 2.21 bits per heavy atom. The van der Waals surface area contributed by atoms with Crippen LogP contribution in [0, 0.1) is 0 Å². The molecule has 0 radical (unpaired) electrons. The minimum absolute atomic E-state index is 0.176. The zero-order chi connectivity index (χ0) is 29.8. The second-order valence-electron chi connectivity index (χ2n) is 11.3. The highest BCUT2D eigenvalue weighted by atomic mass is 32.2. The number of carbonyl (C=O) groups is 2. The lowest BCUT2D eigenvalue weighted by atomic mass is 9.92. The van der Waals surface area contributed by atoms with Crippen molar-refractivity contribution in [2.24, 2.45) is 4.99 Å². The number of hydrogen-bond acceptors (Lipinski definition) is 5. The average molecular weight is 582 g/mol. The first kappa shape index (κ1) is 29.5. The molecule has 0 aliphatic carbocycles. The number of para-hydroxylation sites is 2. The molecule has 2 aliphatic heterocycles. The molecule has 0 aromatic heterocycles. The van der Waals surface area contributed by atoms with E-state index in [0.29, 0.717) is 17.0 Å². The predicted octanol–water partition coefficient (Wildman–Crippen LogP) is 8.34. The van der Waals surface area contributed by atoms with Crippen LogP contribution in [0.5, 0.6) is 0 Å². The number of amides is 3. The number of anilines is 3. The number of aliphatic imine (C=N–C) groups is 1. The molecule has 7 nitrogen and oxygen atoms in total. The molecule has 3 aromatic carbocycles. The van der Waals surface area contributed by atoms with Crippen molar-refractivity contribution in [2.75, 3.05) is 28.2 Å². The second kappa shape index (κ2) is 12.9. The summed E-state index contributed by atoms with van der Waals surface area (Å²) in [6.07, 6.45) is 1.00. The highest BCUT2D eigenvalue weighted by Crippen LogP contribution is 2.40. The van der Waals surface area contributed by atoms with Crippen LogP contribution in [0.3, 0.4) is 0 Å². The van der Waals surface area contributed by atoms with Crippen molar-refractivity contribution in [3.05, 3.63) is 101 Å². The van der Waals surface area contributed by atoms with Crippen molar-refractivity contribution >= 4 is 45.9 Å². The van der Waals surface area contributed by atoms with Gasteiger partial charge in [-0.05, 0) is 66.1 Å². The summed E-state index contributed by atoms with van der Waals surface area (Å²) in [5.41, 5.74) is 6.72. The summed E-state index contributed by atoms with van der Waals surface area (Å²) in [6.45, 7) is 11.2. The van der Waals surface area contributed by atoms with E-state index < -0.39 is 0 Å². The van der Waals surface area contributed by atoms with Crippen molar-refractivity contribution in [1.29, 1.82) is 0 Å². The molecular formula is C34H39N5O2S. The molecule has 0 saturated carbocycles. The fraction of sp³-hybridized carbons (Fsp3) is 0.324. The Morgan fingerprint density at radius 2 is 1.52 bits per heavy atom. The third-order valence-electron chi connectivity index (χ3n) is 7.61. The Hall–Kier alpha value is -4.04. The summed E-state index contributed by atoms with van der Waals surface area (Å²) in [7, 11) is 0. The maximum absolute atomic E-state index is 13.7. The minimum Gasteiger partial charge on any atom is -0.340 e. The number of urea groups is 1. The fourth-order valence-corrected chi connectivity index (χ4v) is 6.60. The predicted molar refractivity (Wildman–Crippen MR) is 175 cm³/mol. The summed E-state index contributed by atoms with van der Waals surface area (Å²) >= 11 is 1.72. The van der Waals surface area contributed by atoms with Crippen molar-refractivity contribution in [3.63, 3.8) is 0 Å².